The van der Waals surface area contributed by atoms with Crippen LogP contribution in [0, 0.1) is 0 Å². The highest BCUT2D eigenvalue weighted by molar-refractivity contribution is 7.47. The molecule has 0 aromatic heterocycles. The molecule has 0 radical (unpaired) electrons. The molecule has 0 saturated heterocycles. The van der Waals surface area contributed by atoms with Gasteiger partial charge in [0.1, 0.15) is 19.3 Å². The maximum absolute atomic E-state index is 13.6. The van der Waals surface area contributed by atoms with E-state index in [4.69, 9.17) is 13.8 Å². The molecule has 1 amide bonds. The smallest absolute Gasteiger partial charge is 0.456 e. The highest BCUT2D eigenvalue weighted by atomic mass is 31.2. The number of nitrogens with zero attached hydrogens (tertiary/aromatic N) is 1. The lowest BCUT2D eigenvalue weighted by Crippen LogP contribution is -2.47. The molecule has 3 atom stereocenters. The summed E-state index contributed by atoms with van der Waals surface area (Å²) >= 11 is 0. The molecule has 2 N–H and O–H groups in total. The quantitative estimate of drug-likeness (QED) is 0.0205. The third-order valence-electron chi connectivity index (χ3n) is 16.6. The van der Waals surface area contributed by atoms with Crippen LogP contribution in [0.5, 0.6) is 0 Å². The van der Waals surface area contributed by atoms with Crippen LogP contribution in [0.25, 0.3) is 0 Å². The molecular formula is C78H144N2O7P+. The van der Waals surface area contributed by atoms with Gasteiger partial charge in [0.25, 0.3) is 0 Å². The molecule has 0 rings (SSSR count). The monoisotopic (exact) mass is 1250 g/mol. The van der Waals surface area contributed by atoms with E-state index in [0.717, 1.165) is 103 Å². The average Bonchev–Trinajstić information content (AvgIpc) is 3.53. The summed E-state index contributed by atoms with van der Waals surface area (Å²) in [5.74, 6) is -0.508. The molecule has 0 aliphatic rings. The second kappa shape index (κ2) is 67.1. The van der Waals surface area contributed by atoms with Crippen molar-refractivity contribution >= 4 is 19.7 Å². The highest BCUT2D eigenvalue weighted by Gasteiger charge is 2.30. The van der Waals surface area contributed by atoms with Crippen LogP contribution < -0.4 is 5.32 Å². The first-order valence-corrected chi connectivity index (χ1v) is 38.9. The van der Waals surface area contributed by atoms with Gasteiger partial charge in [-0.15, -0.1) is 0 Å². The lowest BCUT2D eigenvalue weighted by atomic mass is 10.0. The number of carbonyl (C=O) groups excluding carboxylic acids is 2. The molecular weight excluding hydrogens is 1110 g/mol. The van der Waals surface area contributed by atoms with Crippen LogP contribution in [0.3, 0.4) is 0 Å². The second-order valence-electron chi connectivity index (χ2n) is 26.4. The molecule has 3 unspecified atom stereocenters. The molecule has 0 bridgehead atoms. The Labute approximate surface area is 546 Å². The summed E-state index contributed by atoms with van der Waals surface area (Å²) in [6, 6.07) is -0.858. The zero-order valence-corrected chi connectivity index (χ0v) is 59.6. The summed E-state index contributed by atoms with van der Waals surface area (Å²) in [6.45, 7) is 6.92. The molecule has 0 aliphatic carbocycles. The van der Waals surface area contributed by atoms with Crippen LogP contribution in [0.2, 0.25) is 0 Å². The third kappa shape index (κ3) is 67.6. The largest absolute Gasteiger partial charge is 0.472 e. The van der Waals surface area contributed by atoms with Crippen molar-refractivity contribution in [2.24, 2.45) is 0 Å². The lowest BCUT2D eigenvalue weighted by Gasteiger charge is -2.27. The highest BCUT2D eigenvalue weighted by Crippen LogP contribution is 2.43. The number of nitrogens with one attached hydrogen (secondary N) is 1. The molecule has 0 aromatic carbocycles. The minimum absolute atomic E-state index is 0.0360. The van der Waals surface area contributed by atoms with E-state index in [0.29, 0.717) is 17.4 Å². The number of hydrogen-bond donors (Lipinski definition) is 2. The van der Waals surface area contributed by atoms with Crippen molar-refractivity contribution in [3.63, 3.8) is 0 Å². The van der Waals surface area contributed by atoms with Gasteiger partial charge in [0.05, 0.1) is 33.8 Å². The van der Waals surface area contributed by atoms with Crippen molar-refractivity contribution in [2.75, 3.05) is 40.9 Å². The van der Waals surface area contributed by atoms with Gasteiger partial charge < -0.3 is 19.4 Å². The SMILES string of the molecule is CC/C=C\C/C=C\C/C=C\C/C=C\C/C=C\CCCCCCCCCC(=O)NC(COP(=O)(O)OCC[N+](C)(C)C)C(/C=C/CCCCCCCCCCCC)OC(=O)CCCCCCCCCCCCCCCCCCC/C=C/CCCCCCCC. The summed E-state index contributed by atoms with van der Waals surface area (Å²) in [6.07, 6.45) is 90.4. The van der Waals surface area contributed by atoms with Crippen molar-refractivity contribution in [3.05, 3.63) is 85.1 Å². The van der Waals surface area contributed by atoms with Crippen molar-refractivity contribution < 1.29 is 37.3 Å². The Balaban J connectivity index is 5.00. The Bertz CT molecular complexity index is 1780. The number of hydrogen-bond acceptors (Lipinski definition) is 6. The second-order valence-corrected chi connectivity index (χ2v) is 27.9. The van der Waals surface area contributed by atoms with E-state index in [-0.39, 0.29) is 31.5 Å². The van der Waals surface area contributed by atoms with Crippen LogP contribution in [-0.2, 0) is 27.9 Å². The van der Waals surface area contributed by atoms with Crippen molar-refractivity contribution in [3.8, 4) is 0 Å². The molecule has 0 saturated carbocycles. The van der Waals surface area contributed by atoms with Crippen molar-refractivity contribution in [2.45, 2.75) is 360 Å². The number of allylic oxidation sites excluding steroid dienone is 13. The number of quaternary nitrogens is 1. The fraction of sp³-hybridized carbons (Fsp3) is 0.795. The first kappa shape index (κ1) is 85.2. The molecule has 10 heteroatoms. The van der Waals surface area contributed by atoms with Gasteiger partial charge in [-0.3, -0.25) is 18.6 Å². The Kier molecular flexibility index (Phi) is 64.9. The number of rotatable bonds is 68. The van der Waals surface area contributed by atoms with Gasteiger partial charge in [0.2, 0.25) is 5.91 Å². The topological polar surface area (TPSA) is 111 Å². The lowest BCUT2D eigenvalue weighted by molar-refractivity contribution is -0.870. The summed E-state index contributed by atoms with van der Waals surface area (Å²) < 4.78 is 30.9. The van der Waals surface area contributed by atoms with Crippen LogP contribution in [0.15, 0.2) is 85.1 Å². The number of ether oxygens (including phenoxy) is 1. The third-order valence-corrected chi connectivity index (χ3v) is 17.6. The number of carbonyl (C=O) groups is 2. The predicted octanol–water partition coefficient (Wildman–Crippen LogP) is 24.1. The Morgan fingerprint density at radius 1 is 0.409 bits per heavy atom. The molecule has 0 aromatic rings. The maximum Gasteiger partial charge on any atom is 0.472 e. The molecule has 9 nitrogen and oxygen atoms in total. The van der Waals surface area contributed by atoms with E-state index in [1.54, 1.807) is 0 Å². The Morgan fingerprint density at radius 2 is 0.727 bits per heavy atom. The standard InChI is InChI=1S/C78H143N2O7P/c1-7-10-13-16-19-22-25-28-30-32-34-36-38-39-40-41-43-45-47-49-51-53-56-59-62-65-68-71-78(82)87-76(69-66-63-60-57-54-27-24-21-18-15-12-9-3)75(74-86-88(83,84)85-73-72-80(4,5)6)79-77(81)70-67-64-61-58-55-52-50-48-46-44-42-37-35-33-31-29-26-23-20-17-14-11-8-2/h11,14,20,23,28-31,35,37,44,46,66,69,75-76H,7-10,12-13,15-19,21-22,24-27,32-34,36,38-43,45,47-65,67-68,70-74H2,1-6H3,(H-,79,81,83,84)/p+1/b14-11-,23-20-,30-28+,31-29-,37-35-,46-44-,69-66+. The first-order chi connectivity index (χ1) is 42.9. The first-order valence-electron chi connectivity index (χ1n) is 37.4. The minimum Gasteiger partial charge on any atom is -0.456 e. The van der Waals surface area contributed by atoms with Crippen molar-refractivity contribution in [1.82, 2.24) is 5.32 Å². The van der Waals surface area contributed by atoms with Gasteiger partial charge in [-0.2, -0.15) is 0 Å². The van der Waals surface area contributed by atoms with E-state index in [1.807, 2.05) is 33.3 Å². The van der Waals surface area contributed by atoms with Gasteiger partial charge in [-0.1, -0.05) is 318 Å². The predicted molar refractivity (Wildman–Crippen MR) is 383 cm³/mol. The summed E-state index contributed by atoms with van der Waals surface area (Å²) in [5, 5.41) is 3.07. The number of likely N-dealkylation sites (N-methyl/N-ethyl adjacent to an activating group) is 1. The zero-order valence-electron chi connectivity index (χ0n) is 58.7. The van der Waals surface area contributed by atoms with Crippen LogP contribution in [0.4, 0.5) is 0 Å². The Morgan fingerprint density at radius 3 is 1.10 bits per heavy atom. The normalized spacial score (nSPS) is 13.9. The molecule has 0 spiro atoms. The summed E-state index contributed by atoms with van der Waals surface area (Å²) in [4.78, 5) is 38.0. The number of unbranched alkanes of at least 4 members (excludes halogenated alkanes) is 40. The fourth-order valence-corrected chi connectivity index (χ4v) is 11.6. The number of phosphoric acid groups is 1. The summed E-state index contributed by atoms with van der Waals surface area (Å²) in [7, 11) is 1.49. The van der Waals surface area contributed by atoms with Gasteiger partial charge in [-0.05, 0) is 102 Å². The minimum atomic E-state index is -4.46. The maximum atomic E-state index is 13.6. The fourth-order valence-electron chi connectivity index (χ4n) is 10.8. The number of esters is 1. The van der Waals surface area contributed by atoms with E-state index < -0.39 is 20.0 Å². The van der Waals surface area contributed by atoms with Crippen molar-refractivity contribution in [1.29, 1.82) is 0 Å². The van der Waals surface area contributed by atoms with E-state index in [9.17, 15) is 19.0 Å². The van der Waals surface area contributed by atoms with E-state index in [2.05, 4.69) is 99.0 Å². The molecule has 0 fully saturated rings. The van der Waals surface area contributed by atoms with Crippen LogP contribution >= 0.6 is 7.82 Å². The summed E-state index contributed by atoms with van der Waals surface area (Å²) in [5.41, 5.74) is 0. The molecule has 0 aliphatic heterocycles. The van der Waals surface area contributed by atoms with Crippen LogP contribution in [-0.4, -0.2) is 74.3 Å². The van der Waals surface area contributed by atoms with Gasteiger partial charge >= 0.3 is 13.8 Å². The number of phosphoric ester groups is 1. The van der Waals surface area contributed by atoms with Gasteiger partial charge in [0, 0.05) is 12.8 Å². The van der Waals surface area contributed by atoms with Crippen LogP contribution in [0.1, 0.15) is 348 Å². The van der Waals surface area contributed by atoms with Gasteiger partial charge in [-0.25, -0.2) is 4.57 Å². The molecule has 512 valence electrons. The number of amides is 1. The average molecular weight is 1250 g/mol. The van der Waals surface area contributed by atoms with E-state index in [1.165, 1.54) is 212 Å². The zero-order chi connectivity index (χ0) is 64.2. The molecule has 88 heavy (non-hydrogen) atoms. The Hall–Kier alpha value is -2.81. The molecule has 0 heterocycles. The van der Waals surface area contributed by atoms with E-state index >= 15 is 0 Å². The van der Waals surface area contributed by atoms with Gasteiger partial charge in [0.15, 0.2) is 0 Å².